The number of benzene rings is 1. The van der Waals surface area contributed by atoms with E-state index in [2.05, 4.69) is 10.1 Å². The van der Waals surface area contributed by atoms with Crippen molar-refractivity contribution in [3.8, 4) is 0 Å². The molecule has 1 aliphatic carbocycles. The molecule has 0 atom stereocenters. The fraction of sp³-hybridized carbons (Fsp3) is 0.533. The number of methoxy groups -OCH3 is 1. The quantitative estimate of drug-likeness (QED) is 0.634. The summed E-state index contributed by atoms with van der Waals surface area (Å²) in [5.74, 6) is 0.207. The average molecular weight is 265 g/mol. The fourth-order valence-electron chi connectivity index (χ4n) is 2.43. The average Bonchev–Trinajstić information content (AvgIpc) is 2.37. The number of hydrogen-bond donors (Lipinski definition) is 1. The SMILES string of the molecule is COC(=O)CCCNC1CC(c2ccc(F)cc2)C1. The van der Waals surface area contributed by atoms with Crippen molar-refractivity contribution in [3.63, 3.8) is 0 Å². The van der Waals surface area contributed by atoms with E-state index in [0.29, 0.717) is 18.4 Å². The van der Waals surface area contributed by atoms with Crippen molar-refractivity contribution in [2.45, 2.75) is 37.6 Å². The van der Waals surface area contributed by atoms with Crippen molar-refractivity contribution in [1.29, 1.82) is 0 Å². The van der Waals surface area contributed by atoms with Crippen molar-refractivity contribution < 1.29 is 13.9 Å². The van der Waals surface area contributed by atoms with Gasteiger partial charge in [-0.1, -0.05) is 12.1 Å². The Hall–Kier alpha value is -1.42. The van der Waals surface area contributed by atoms with Gasteiger partial charge in [0.25, 0.3) is 0 Å². The molecule has 0 unspecified atom stereocenters. The van der Waals surface area contributed by atoms with Crippen LogP contribution in [0.1, 0.15) is 37.2 Å². The highest BCUT2D eigenvalue weighted by molar-refractivity contribution is 5.69. The Balaban J connectivity index is 1.61. The molecule has 2 rings (SSSR count). The van der Waals surface area contributed by atoms with Gasteiger partial charge in [-0.3, -0.25) is 4.79 Å². The van der Waals surface area contributed by atoms with Gasteiger partial charge in [0.1, 0.15) is 5.82 Å². The largest absolute Gasteiger partial charge is 0.469 e. The van der Waals surface area contributed by atoms with Crippen LogP contribution in [-0.4, -0.2) is 25.7 Å². The standard InChI is InChI=1S/C15H20FNO2/c1-19-15(18)3-2-8-17-14-9-12(10-14)11-4-6-13(16)7-5-11/h4-7,12,14,17H,2-3,8-10H2,1H3. The summed E-state index contributed by atoms with van der Waals surface area (Å²) < 4.78 is 17.4. The molecule has 1 aliphatic rings. The monoisotopic (exact) mass is 265 g/mol. The topological polar surface area (TPSA) is 38.3 Å². The van der Waals surface area contributed by atoms with Crippen molar-refractivity contribution >= 4 is 5.97 Å². The van der Waals surface area contributed by atoms with Crippen LogP contribution in [-0.2, 0) is 9.53 Å². The number of esters is 1. The minimum Gasteiger partial charge on any atom is -0.469 e. The number of halogens is 1. The molecule has 0 bridgehead atoms. The molecule has 0 amide bonds. The molecule has 0 aliphatic heterocycles. The van der Waals surface area contributed by atoms with Gasteiger partial charge in [0.15, 0.2) is 0 Å². The van der Waals surface area contributed by atoms with Crippen molar-refractivity contribution in [2.24, 2.45) is 0 Å². The summed E-state index contributed by atoms with van der Waals surface area (Å²) in [6.07, 6.45) is 3.45. The fourth-order valence-corrected chi connectivity index (χ4v) is 2.43. The van der Waals surface area contributed by atoms with Crippen LogP contribution in [0, 0.1) is 5.82 Å². The maximum atomic E-state index is 12.8. The molecule has 1 aromatic carbocycles. The van der Waals surface area contributed by atoms with E-state index in [1.807, 2.05) is 12.1 Å². The van der Waals surface area contributed by atoms with Crippen molar-refractivity contribution in [1.82, 2.24) is 5.32 Å². The zero-order valence-corrected chi connectivity index (χ0v) is 11.2. The van der Waals surface area contributed by atoms with Gasteiger partial charge in [0, 0.05) is 12.5 Å². The van der Waals surface area contributed by atoms with Crippen LogP contribution in [0.25, 0.3) is 0 Å². The van der Waals surface area contributed by atoms with Crippen LogP contribution in [0.4, 0.5) is 4.39 Å². The maximum Gasteiger partial charge on any atom is 0.305 e. The van der Waals surface area contributed by atoms with E-state index in [4.69, 9.17) is 0 Å². The van der Waals surface area contributed by atoms with Crippen LogP contribution in [0.15, 0.2) is 24.3 Å². The summed E-state index contributed by atoms with van der Waals surface area (Å²) in [4.78, 5) is 10.9. The summed E-state index contributed by atoms with van der Waals surface area (Å²) in [5.41, 5.74) is 1.22. The summed E-state index contributed by atoms with van der Waals surface area (Å²) in [5, 5.41) is 3.43. The van der Waals surface area contributed by atoms with Gasteiger partial charge in [0.2, 0.25) is 0 Å². The Bertz CT molecular complexity index is 413. The minimum absolute atomic E-state index is 0.153. The van der Waals surface area contributed by atoms with Crippen LogP contribution >= 0.6 is 0 Å². The van der Waals surface area contributed by atoms with Gasteiger partial charge in [0.05, 0.1) is 7.11 Å². The third-order valence-corrected chi connectivity index (χ3v) is 3.70. The highest BCUT2D eigenvalue weighted by Crippen LogP contribution is 2.36. The first-order valence-electron chi connectivity index (χ1n) is 6.74. The lowest BCUT2D eigenvalue weighted by molar-refractivity contribution is -0.140. The molecule has 0 heterocycles. The first-order chi connectivity index (χ1) is 9.19. The number of carbonyl (C=O) groups excluding carboxylic acids is 1. The second-order valence-electron chi connectivity index (χ2n) is 5.05. The third kappa shape index (κ3) is 4.03. The summed E-state index contributed by atoms with van der Waals surface area (Å²) in [7, 11) is 1.41. The summed E-state index contributed by atoms with van der Waals surface area (Å²) in [6, 6.07) is 7.30. The Kier molecular flexibility index (Phi) is 4.91. The van der Waals surface area contributed by atoms with Crippen molar-refractivity contribution in [3.05, 3.63) is 35.6 Å². The van der Waals surface area contributed by atoms with Gasteiger partial charge in [-0.2, -0.15) is 0 Å². The number of carbonyl (C=O) groups is 1. The predicted molar refractivity (Wildman–Crippen MR) is 71.4 cm³/mol. The molecule has 1 saturated carbocycles. The second kappa shape index (κ2) is 6.66. The van der Waals surface area contributed by atoms with E-state index in [-0.39, 0.29) is 11.8 Å². The normalized spacial score (nSPS) is 21.8. The Morgan fingerprint density at radius 2 is 2.05 bits per heavy atom. The molecule has 4 heteroatoms. The zero-order chi connectivity index (χ0) is 13.7. The van der Waals surface area contributed by atoms with Gasteiger partial charge < -0.3 is 10.1 Å². The number of rotatable bonds is 6. The molecule has 1 aromatic rings. The molecular weight excluding hydrogens is 245 g/mol. The molecule has 3 nitrogen and oxygen atoms in total. The second-order valence-corrected chi connectivity index (χ2v) is 5.05. The van der Waals surface area contributed by atoms with Gasteiger partial charge in [-0.15, -0.1) is 0 Å². The first-order valence-corrected chi connectivity index (χ1v) is 6.74. The zero-order valence-electron chi connectivity index (χ0n) is 11.2. The van der Waals surface area contributed by atoms with Crippen LogP contribution < -0.4 is 5.32 Å². The van der Waals surface area contributed by atoms with E-state index in [9.17, 15) is 9.18 Å². The highest BCUT2D eigenvalue weighted by atomic mass is 19.1. The molecule has 0 aromatic heterocycles. The van der Waals surface area contributed by atoms with E-state index >= 15 is 0 Å². The maximum absolute atomic E-state index is 12.8. The lowest BCUT2D eigenvalue weighted by Gasteiger charge is -2.36. The van der Waals surface area contributed by atoms with Crippen LogP contribution in [0.5, 0.6) is 0 Å². The number of ether oxygens (including phenoxy) is 1. The molecule has 19 heavy (non-hydrogen) atoms. The Labute approximate surface area is 113 Å². The van der Waals surface area contributed by atoms with Crippen molar-refractivity contribution in [2.75, 3.05) is 13.7 Å². The van der Waals surface area contributed by atoms with Crippen LogP contribution in [0.2, 0.25) is 0 Å². The van der Waals surface area contributed by atoms with Crippen LogP contribution in [0.3, 0.4) is 0 Å². The molecular formula is C15H20FNO2. The molecule has 1 N–H and O–H groups in total. The molecule has 0 spiro atoms. The lowest BCUT2D eigenvalue weighted by atomic mass is 9.76. The molecule has 0 saturated heterocycles. The summed E-state index contributed by atoms with van der Waals surface area (Å²) in [6.45, 7) is 0.843. The van der Waals surface area contributed by atoms with Gasteiger partial charge in [-0.25, -0.2) is 4.39 Å². The minimum atomic E-state index is -0.180. The van der Waals surface area contributed by atoms with E-state index in [0.717, 1.165) is 25.8 Å². The highest BCUT2D eigenvalue weighted by Gasteiger charge is 2.29. The molecule has 1 fully saturated rings. The number of nitrogens with one attached hydrogen (secondary N) is 1. The lowest BCUT2D eigenvalue weighted by Crippen LogP contribution is -2.40. The molecule has 104 valence electrons. The van der Waals surface area contributed by atoms with Gasteiger partial charge >= 0.3 is 5.97 Å². The van der Waals surface area contributed by atoms with E-state index in [1.165, 1.54) is 24.8 Å². The Morgan fingerprint density at radius 3 is 2.68 bits per heavy atom. The summed E-state index contributed by atoms with van der Waals surface area (Å²) >= 11 is 0. The number of hydrogen-bond acceptors (Lipinski definition) is 3. The van der Waals surface area contributed by atoms with E-state index < -0.39 is 0 Å². The smallest absolute Gasteiger partial charge is 0.305 e. The first kappa shape index (κ1) is 14.0. The predicted octanol–water partition coefficient (Wildman–Crippen LogP) is 2.61. The third-order valence-electron chi connectivity index (χ3n) is 3.70. The van der Waals surface area contributed by atoms with Gasteiger partial charge in [-0.05, 0) is 49.4 Å². The Morgan fingerprint density at radius 1 is 1.37 bits per heavy atom. The molecule has 0 radical (unpaired) electrons. The van der Waals surface area contributed by atoms with E-state index in [1.54, 1.807) is 0 Å².